The van der Waals surface area contributed by atoms with E-state index in [1.807, 2.05) is 23.8 Å². The second kappa shape index (κ2) is 4.79. The Hall–Kier alpha value is -1.25. The summed E-state index contributed by atoms with van der Waals surface area (Å²) in [6.07, 6.45) is 2.43. The van der Waals surface area contributed by atoms with Crippen LogP contribution >= 0.6 is 34.4 Å². The number of thioether (sulfide) groups is 1. The third-order valence-electron chi connectivity index (χ3n) is 2.33. The fraction of sp³-hybridized carbons (Fsp3) is 0.200. The van der Waals surface area contributed by atoms with E-state index in [9.17, 15) is 4.79 Å². The lowest BCUT2D eigenvalue weighted by molar-refractivity contribution is 0.790. The lowest BCUT2D eigenvalue weighted by atomic mass is 10.3. The molecule has 3 aromatic rings. The van der Waals surface area contributed by atoms with Crippen molar-refractivity contribution in [2.45, 2.75) is 10.8 Å². The van der Waals surface area contributed by atoms with Gasteiger partial charge in [-0.2, -0.15) is 4.52 Å². The molecule has 3 rings (SSSR count). The van der Waals surface area contributed by atoms with Gasteiger partial charge in [0.05, 0.1) is 0 Å². The van der Waals surface area contributed by atoms with E-state index in [0.29, 0.717) is 17.1 Å². The van der Waals surface area contributed by atoms with Gasteiger partial charge in [0.25, 0.3) is 5.56 Å². The van der Waals surface area contributed by atoms with Crippen LogP contribution in [0.2, 0.25) is 0 Å². The summed E-state index contributed by atoms with van der Waals surface area (Å²) in [5.41, 5.74) is 0.262. The topological polar surface area (TPSA) is 60.2 Å². The van der Waals surface area contributed by atoms with Crippen LogP contribution in [0.4, 0.5) is 0 Å². The molecule has 3 heterocycles. The standard InChI is InChI=1S/C10H8N4OS3/c1-16-10-13-14-8(15)7(11-12-9(14)18-10)5-6-3-2-4-17-6/h2-4H,5H2,1H3. The van der Waals surface area contributed by atoms with Crippen molar-refractivity contribution in [2.75, 3.05) is 6.26 Å². The van der Waals surface area contributed by atoms with Crippen molar-refractivity contribution < 1.29 is 0 Å². The zero-order chi connectivity index (χ0) is 12.5. The maximum absolute atomic E-state index is 12.2. The Morgan fingerprint density at radius 1 is 1.44 bits per heavy atom. The van der Waals surface area contributed by atoms with Gasteiger partial charge in [-0.25, -0.2) is 0 Å². The largest absolute Gasteiger partial charge is 0.297 e. The van der Waals surface area contributed by atoms with Crippen LogP contribution in [0.25, 0.3) is 4.96 Å². The van der Waals surface area contributed by atoms with Crippen molar-refractivity contribution >= 4 is 39.4 Å². The molecule has 0 aliphatic heterocycles. The Bertz CT molecular complexity index is 731. The molecule has 0 bridgehead atoms. The molecule has 0 amide bonds. The second-order valence-corrected chi connectivity index (χ2v) is 6.52. The smallest absolute Gasteiger partial charge is 0.265 e. The summed E-state index contributed by atoms with van der Waals surface area (Å²) in [5.74, 6) is 0. The molecule has 3 aromatic heterocycles. The molecule has 0 aromatic carbocycles. The Balaban J connectivity index is 2.08. The summed E-state index contributed by atoms with van der Waals surface area (Å²) < 4.78 is 2.15. The van der Waals surface area contributed by atoms with E-state index >= 15 is 0 Å². The molecule has 0 N–H and O–H groups in total. The summed E-state index contributed by atoms with van der Waals surface area (Å²) in [4.78, 5) is 13.8. The first-order valence-electron chi connectivity index (χ1n) is 5.10. The predicted octanol–water partition coefficient (Wildman–Crippen LogP) is 1.92. The van der Waals surface area contributed by atoms with Gasteiger partial charge < -0.3 is 0 Å². The predicted molar refractivity (Wildman–Crippen MR) is 73.8 cm³/mol. The Kier molecular flexibility index (Phi) is 3.14. The summed E-state index contributed by atoms with van der Waals surface area (Å²) in [7, 11) is 0. The number of hydrogen-bond acceptors (Lipinski definition) is 7. The zero-order valence-electron chi connectivity index (χ0n) is 9.36. The Morgan fingerprint density at radius 3 is 3.06 bits per heavy atom. The van der Waals surface area contributed by atoms with Crippen LogP contribution in [0.15, 0.2) is 26.6 Å². The number of aromatic nitrogens is 4. The van der Waals surface area contributed by atoms with Crippen molar-refractivity contribution in [1.29, 1.82) is 0 Å². The summed E-state index contributed by atoms with van der Waals surface area (Å²) in [6, 6.07) is 3.94. The van der Waals surface area contributed by atoms with Crippen molar-refractivity contribution in [3.63, 3.8) is 0 Å². The van der Waals surface area contributed by atoms with Crippen LogP contribution in [0.1, 0.15) is 10.6 Å². The molecule has 0 unspecified atom stereocenters. The van der Waals surface area contributed by atoms with E-state index in [4.69, 9.17) is 0 Å². The average Bonchev–Trinajstić information content (AvgIpc) is 3.02. The van der Waals surface area contributed by atoms with Crippen LogP contribution in [0.3, 0.4) is 0 Å². The number of thiophene rings is 1. The van der Waals surface area contributed by atoms with Crippen molar-refractivity contribution in [2.24, 2.45) is 0 Å². The van der Waals surface area contributed by atoms with Crippen LogP contribution in [-0.4, -0.2) is 26.1 Å². The fourth-order valence-electron chi connectivity index (χ4n) is 1.50. The minimum Gasteiger partial charge on any atom is -0.265 e. The van der Waals surface area contributed by atoms with Gasteiger partial charge in [0.1, 0.15) is 5.69 Å². The molecule has 0 saturated heterocycles. The third kappa shape index (κ3) is 2.06. The molecule has 0 radical (unpaired) electrons. The van der Waals surface area contributed by atoms with E-state index < -0.39 is 0 Å². The number of hydrogen-bond donors (Lipinski definition) is 0. The first-order chi connectivity index (χ1) is 8.78. The monoisotopic (exact) mass is 296 g/mol. The fourth-order valence-corrected chi connectivity index (χ4v) is 3.50. The SMILES string of the molecule is CSc1nn2c(=O)c(Cc3cccs3)nnc2s1. The normalized spacial score (nSPS) is 11.2. The highest BCUT2D eigenvalue weighted by atomic mass is 32.2. The molecule has 18 heavy (non-hydrogen) atoms. The lowest BCUT2D eigenvalue weighted by Gasteiger charge is -1.96. The van der Waals surface area contributed by atoms with Crippen molar-refractivity contribution in [1.82, 2.24) is 19.8 Å². The summed E-state index contributed by atoms with van der Waals surface area (Å²) in [6.45, 7) is 0. The van der Waals surface area contributed by atoms with Crippen LogP contribution in [0.5, 0.6) is 0 Å². The molecule has 0 saturated carbocycles. The van der Waals surface area contributed by atoms with Gasteiger partial charge in [0, 0.05) is 11.3 Å². The summed E-state index contributed by atoms with van der Waals surface area (Å²) in [5, 5.41) is 14.3. The minimum absolute atomic E-state index is 0.176. The molecule has 0 aliphatic carbocycles. The van der Waals surface area contributed by atoms with E-state index in [-0.39, 0.29) is 5.56 Å². The minimum atomic E-state index is -0.176. The lowest BCUT2D eigenvalue weighted by Crippen LogP contribution is -2.21. The zero-order valence-corrected chi connectivity index (χ0v) is 11.8. The molecule has 0 spiro atoms. The number of fused-ring (bicyclic) bond motifs is 1. The maximum Gasteiger partial charge on any atom is 0.297 e. The van der Waals surface area contributed by atoms with Crippen molar-refractivity contribution in [3.05, 3.63) is 38.4 Å². The molecule has 92 valence electrons. The van der Waals surface area contributed by atoms with E-state index in [2.05, 4.69) is 15.3 Å². The van der Waals surface area contributed by atoms with Gasteiger partial charge >= 0.3 is 0 Å². The quantitative estimate of drug-likeness (QED) is 0.691. The van der Waals surface area contributed by atoms with Gasteiger partial charge in [0.15, 0.2) is 4.34 Å². The third-order valence-corrected chi connectivity index (χ3v) is 5.08. The van der Waals surface area contributed by atoms with Gasteiger partial charge in [-0.3, -0.25) is 4.79 Å². The second-order valence-electron chi connectivity index (χ2n) is 3.47. The van der Waals surface area contributed by atoms with Gasteiger partial charge in [-0.15, -0.1) is 26.6 Å². The molecular formula is C10H8N4OS3. The maximum atomic E-state index is 12.2. The van der Waals surface area contributed by atoms with Crippen molar-refractivity contribution in [3.8, 4) is 0 Å². The first-order valence-corrected chi connectivity index (χ1v) is 8.02. The van der Waals surface area contributed by atoms with Gasteiger partial charge in [0.2, 0.25) is 4.96 Å². The highest BCUT2D eigenvalue weighted by molar-refractivity contribution is 8.00. The average molecular weight is 296 g/mol. The molecular weight excluding hydrogens is 288 g/mol. The number of rotatable bonds is 3. The highest BCUT2D eigenvalue weighted by Crippen LogP contribution is 2.20. The van der Waals surface area contributed by atoms with Crippen LogP contribution in [0, 0.1) is 0 Å². The van der Waals surface area contributed by atoms with Gasteiger partial charge in [-0.05, 0) is 17.7 Å². The molecule has 0 aliphatic rings. The molecule has 0 atom stereocenters. The number of nitrogens with zero attached hydrogens (tertiary/aromatic N) is 4. The van der Waals surface area contributed by atoms with Gasteiger partial charge in [-0.1, -0.05) is 29.2 Å². The van der Waals surface area contributed by atoms with Crippen LogP contribution < -0.4 is 5.56 Å². The summed E-state index contributed by atoms with van der Waals surface area (Å²) >= 11 is 4.47. The van der Waals surface area contributed by atoms with E-state index in [0.717, 1.165) is 9.22 Å². The Labute approximate surface area is 115 Å². The Morgan fingerprint density at radius 2 is 2.33 bits per heavy atom. The van der Waals surface area contributed by atoms with Crippen LogP contribution in [-0.2, 0) is 6.42 Å². The molecule has 5 nitrogen and oxygen atoms in total. The van der Waals surface area contributed by atoms with E-state index in [1.54, 1.807) is 11.3 Å². The van der Waals surface area contributed by atoms with E-state index in [1.165, 1.54) is 27.6 Å². The molecule has 0 fully saturated rings. The highest BCUT2D eigenvalue weighted by Gasteiger charge is 2.12. The molecule has 8 heteroatoms. The first kappa shape index (κ1) is 11.8.